The van der Waals surface area contributed by atoms with E-state index in [1.165, 1.54) is 6.07 Å². The van der Waals surface area contributed by atoms with Crippen molar-refractivity contribution in [3.8, 4) is 5.75 Å². The van der Waals surface area contributed by atoms with Gasteiger partial charge in [0.25, 0.3) is 5.91 Å². The van der Waals surface area contributed by atoms with Gasteiger partial charge in [0, 0.05) is 19.2 Å². The maximum absolute atomic E-state index is 12.2. The molecule has 1 atom stereocenters. The first kappa shape index (κ1) is 20.0. The number of carbonyl (C=O) groups excluding carboxylic acids is 1. The van der Waals surface area contributed by atoms with Crippen molar-refractivity contribution in [2.24, 2.45) is 0 Å². The quantitative estimate of drug-likeness (QED) is 0.529. The SMILES string of the molecule is CCCCc1cc(=O)oc2cc(C)cc(O[C@@H](C)C(=O)NCCCO)c12. The van der Waals surface area contributed by atoms with Gasteiger partial charge in [0.1, 0.15) is 11.3 Å². The molecule has 6 heteroatoms. The average Bonchev–Trinajstić information content (AvgIpc) is 2.58. The Hall–Kier alpha value is -2.34. The van der Waals surface area contributed by atoms with E-state index in [4.69, 9.17) is 14.3 Å². The highest BCUT2D eigenvalue weighted by Crippen LogP contribution is 2.31. The predicted molar refractivity (Wildman–Crippen MR) is 101 cm³/mol. The van der Waals surface area contributed by atoms with Gasteiger partial charge in [0.2, 0.25) is 0 Å². The second-order valence-corrected chi connectivity index (χ2v) is 6.46. The second-order valence-electron chi connectivity index (χ2n) is 6.46. The van der Waals surface area contributed by atoms with E-state index in [2.05, 4.69) is 12.2 Å². The summed E-state index contributed by atoms with van der Waals surface area (Å²) in [6.45, 7) is 6.07. The Morgan fingerprint density at radius 2 is 2.08 bits per heavy atom. The highest BCUT2D eigenvalue weighted by atomic mass is 16.5. The molecule has 0 aliphatic heterocycles. The van der Waals surface area contributed by atoms with Crippen LogP contribution in [-0.4, -0.2) is 30.3 Å². The van der Waals surface area contributed by atoms with Crippen molar-refractivity contribution in [3.63, 3.8) is 0 Å². The number of aliphatic hydroxyl groups is 1. The average molecular weight is 361 g/mol. The summed E-state index contributed by atoms with van der Waals surface area (Å²) in [5, 5.41) is 12.3. The molecule has 1 heterocycles. The number of aryl methyl sites for hydroxylation is 2. The smallest absolute Gasteiger partial charge is 0.336 e. The summed E-state index contributed by atoms with van der Waals surface area (Å²) in [5.41, 5.74) is 1.86. The van der Waals surface area contributed by atoms with Crippen molar-refractivity contribution >= 4 is 16.9 Å². The summed E-state index contributed by atoms with van der Waals surface area (Å²) in [6, 6.07) is 5.17. The number of hydrogen-bond donors (Lipinski definition) is 2. The van der Waals surface area contributed by atoms with Crippen LogP contribution >= 0.6 is 0 Å². The van der Waals surface area contributed by atoms with Crippen molar-refractivity contribution in [1.82, 2.24) is 5.32 Å². The Morgan fingerprint density at radius 1 is 1.31 bits per heavy atom. The van der Waals surface area contributed by atoms with E-state index in [-0.39, 0.29) is 18.1 Å². The first-order valence-corrected chi connectivity index (χ1v) is 9.08. The minimum Gasteiger partial charge on any atom is -0.480 e. The molecule has 6 nitrogen and oxygen atoms in total. The number of amides is 1. The van der Waals surface area contributed by atoms with Crippen LogP contribution in [0.15, 0.2) is 27.4 Å². The lowest BCUT2D eigenvalue weighted by atomic mass is 10.0. The lowest BCUT2D eigenvalue weighted by Gasteiger charge is -2.18. The van der Waals surface area contributed by atoms with E-state index < -0.39 is 6.10 Å². The van der Waals surface area contributed by atoms with Crippen molar-refractivity contribution in [3.05, 3.63) is 39.7 Å². The monoisotopic (exact) mass is 361 g/mol. The zero-order valence-electron chi connectivity index (χ0n) is 15.6. The van der Waals surface area contributed by atoms with Gasteiger partial charge in [-0.25, -0.2) is 4.79 Å². The Bertz CT molecular complexity index is 812. The Morgan fingerprint density at radius 3 is 2.77 bits per heavy atom. The fourth-order valence-corrected chi connectivity index (χ4v) is 2.81. The van der Waals surface area contributed by atoms with Gasteiger partial charge < -0.3 is 19.6 Å². The van der Waals surface area contributed by atoms with Crippen LogP contribution in [0.3, 0.4) is 0 Å². The molecule has 0 aliphatic carbocycles. The number of unbranched alkanes of at least 4 members (excludes halogenated alkanes) is 1. The van der Waals surface area contributed by atoms with Crippen LogP contribution in [0.5, 0.6) is 5.75 Å². The molecule has 0 saturated heterocycles. The molecule has 2 rings (SSSR count). The Kier molecular flexibility index (Phi) is 7.21. The van der Waals surface area contributed by atoms with Gasteiger partial charge in [-0.3, -0.25) is 4.79 Å². The molecule has 1 aromatic heterocycles. The van der Waals surface area contributed by atoms with Crippen LogP contribution in [0, 0.1) is 6.92 Å². The van der Waals surface area contributed by atoms with Crippen LogP contribution in [-0.2, 0) is 11.2 Å². The lowest BCUT2D eigenvalue weighted by Crippen LogP contribution is -2.37. The predicted octanol–water partition coefficient (Wildman–Crippen LogP) is 2.71. The van der Waals surface area contributed by atoms with Crippen LogP contribution in [0.2, 0.25) is 0 Å². The number of rotatable bonds is 9. The van der Waals surface area contributed by atoms with E-state index in [0.29, 0.717) is 24.3 Å². The molecule has 0 aliphatic rings. The fraction of sp³-hybridized carbons (Fsp3) is 0.500. The largest absolute Gasteiger partial charge is 0.480 e. The first-order chi connectivity index (χ1) is 12.5. The molecular formula is C20H27NO5. The highest BCUT2D eigenvalue weighted by Gasteiger charge is 2.18. The lowest BCUT2D eigenvalue weighted by molar-refractivity contribution is -0.127. The molecule has 0 bridgehead atoms. The Labute approximate surface area is 153 Å². The maximum Gasteiger partial charge on any atom is 0.336 e. The molecule has 2 aromatic rings. The third-order valence-electron chi connectivity index (χ3n) is 4.14. The van der Waals surface area contributed by atoms with Crippen LogP contribution in [0.4, 0.5) is 0 Å². The van der Waals surface area contributed by atoms with Gasteiger partial charge in [-0.15, -0.1) is 0 Å². The van der Waals surface area contributed by atoms with Gasteiger partial charge in [0.15, 0.2) is 6.10 Å². The third kappa shape index (κ3) is 5.08. The summed E-state index contributed by atoms with van der Waals surface area (Å²) >= 11 is 0. The van der Waals surface area contributed by atoms with E-state index >= 15 is 0 Å². The first-order valence-electron chi connectivity index (χ1n) is 9.08. The molecule has 0 unspecified atom stereocenters. The summed E-state index contributed by atoms with van der Waals surface area (Å²) in [6.07, 6.45) is 2.49. The molecule has 0 fully saturated rings. The standard InChI is InChI=1S/C20H27NO5/c1-4-5-7-15-12-18(23)26-17-11-13(2)10-16(19(15)17)25-14(3)20(24)21-8-6-9-22/h10-12,14,22H,4-9H2,1-3H3,(H,21,24)/t14-/m0/s1. The summed E-state index contributed by atoms with van der Waals surface area (Å²) in [4.78, 5) is 24.0. The second kappa shape index (κ2) is 9.38. The van der Waals surface area contributed by atoms with Crippen LogP contribution < -0.4 is 15.7 Å². The van der Waals surface area contributed by atoms with Gasteiger partial charge in [-0.05, 0) is 56.4 Å². The normalized spacial score (nSPS) is 12.2. The maximum atomic E-state index is 12.2. The number of carbonyl (C=O) groups is 1. The van der Waals surface area contributed by atoms with Crippen molar-refractivity contribution in [2.45, 2.75) is 52.6 Å². The molecule has 0 spiro atoms. The zero-order chi connectivity index (χ0) is 19.1. The third-order valence-corrected chi connectivity index (χ3v) is 4.14. The van der Waals surface area contributed by atoms with E-state index in [1.807, 2.05) is 19.1 Å². The van der Waals surface area contributed by atoms with Crippen LogP contribution in [0.1, 0.15) is 44.2 Å². The molecule has 1 amide bonds. The number of ether oxygens (including phenoxy) is 1. The number of nitrogens with one attached hydrogen (secondary N) is 1. The van der Waals surface area contributed by atoms with E-state index in [0.717, 1.165) is 35.8 Å². The minimum absolute atomic E-state index is 0.0257. The number of fused-ring (bicyclic) bond motifs is 1. The molecular weight excluding hydrogens is 334 g/mol. The zero-order valence-corrected chi connectivity index (χ0v) is 15.6. The highest BCUT2D eigenvalue weighted by molar-refractivity contribution is 5.88. The van der Waals surface area contributed by atoms with Crippen molar-refractivity contribution in [1.29, 1.82) is 0 Å². The fourth-order valence-electron chi connectivity index (χ4n) is 2.81. The number of hydrogen-bond acceptors (Lipinski definition) is 5. The topological polar surface area (TPSA) is 88.8 Å². The molecule has 142 valence electrons. The van der Waals surface area contributed by atoms with Gasteiger partial charge in [-0.1, -0.05) is 13.3 Å². The van der Waals surface area contributed by atoms with Crippen molar-refractivity contribution < 1.29 is 19.1 Å². The molecule has 0 radical (unpaired) electrons. The summed E-state index contributed by atoms with van der Waals surface area (Å²) < 4.78 is 11.3. The Balaban J connectivity index is 2.36. The molecule has 2 N–H and O–H groups in total. The van der Waals surface area contributed by atoms with Gasteiger partial charge >= 0.3 is 5.63 Å². The number of aliphatic hydroxyl groups excluding tert-OH is 1. The van der Waals surface area contributed by atoms with Gasteiger partial charge in [0.05, 0.1) is 5.39 Å². The molecule has 1 aromatic carbocycles. The van der Waals surface area contributed by atoms with E-state index in [1.54, 1.807) is 6.92 Å². The van der Waals surface area contributed by atoms with Crippen LogP contribution in [0.25, 0.3) is 11.0 Å². The molecule has 26 heavy (non-hydrogen) atoms. The number of benzene rings is 1. The summed E-state index contributed by atoms with van der Waals surface area (Å²) in [5.74, 6) is 0.292. The molecule has 0 saturated carbocycles. The minimum atomic E-state index is -0.704. The van der Waals surface area contributed by atoms with Crippen molar-refractivity contribution in [2.75, 3.05) is 13.2 Å². The van der Waals surface area contributed by atoms with E-state index in [9.17, 15) is 9.59 Å². The summed E-state index contributed by atoms with van der Waals surface area (Å²) in [7, 11) is 0. The van der Waals surface area contributed by atoms with Gasteiger partial charge in [-0.2, -0.15) is 0 Å².